The zero-order chi connectivity index (χ0) is 41.8. The molecule has 0 aliphatic carbocycles. The van der Waals surface area contributed by atoms with Gasteiger partial charge in [-0.25, -0.2) is 9.67 Å². The molecule has 0 radical (unpaired) electrons. The van der Waals surface area contributed by atoms with E-state index in [2.05, 4.69) is 181 Å². The molecule has 0 amide bonds. The van der Waals surface area contributed by atoms with Crippen molar-refractivity contribution in [3.05, 3.63) is 280 Å². The predicted molar refractivity (Wildman–Crippen MR) is 248 cm³/mol. The van der Waals surface area contributed by atoms with E-state index in [0.29, 0.717) is 35.0 Å². The topological polar surface area (TPSA) is 73.5 Å². The van der Waals surface area contributed by atoms with Crippen molar-refractivity contribution in [3.8, 4) is 0 Å². The van der Waals surface area contributed by atoms with Crippen LogP contribution in [0.4, 0.5) is 5.82 Å². The Hall–Kier alpha value is -7.61. The number of benzene rings is 7. The average Bonchev–Trinajstić information content (AvgIpc) is 3.98. The highest BCUT2D eigenvalue weighted by atomic mass is 35.5. The van der Waals surface area contributed by atoms with Crippen LogP contribution in [0, 0.1) is 0 Å². The first-order valence-corrected chi connectivity index (χ1v) is 21.1. The lowest BCUT2D eigenvalue weighted by atomic mass is 9.77. The number of halogens is 1. The fourth-order valence-corrected chi connectivity index (χ4v) is 8.97. The van der Waals surface area contributed by atoms with Crippen molar-refractivity contribution in [1.29, 1.82) is 0 Å². The molecule has 0 saturated carbocycles. The number of pyridine rings is 1. The van der Waals surface area contributed by atoms with E-state index in [-0.39, 0.29) is 0 Å². The smallest absolute Gasteiger partial charge is 0.182 e. The molecule has 0 atom stereocenters. The molecule has 62 heavy (non-hydrogen) atoms. The predicted octanol–water partition coefficient (Wildman–Crippen LogP) is 11.6. The number of hydrogen-bond acceptors (Lipinski definition) is 5. The number of aromatic nitrogens is 6. The van der Waals surface area contributed by atoms with Gasteiger partial charge in [-0.15, -0.1) is 5.10 Å². The summed E-state index contributed by atoms with van der Waals surface area (Å²) in [6.07, 6.45) is 4.57. The molecule has 7 aromatic carbocycles. The summed E-state index contributed by atoms with van der Waals surface area (Å²) in [6, 6.07) is 73.4. The molecule has 8 heteroatoms. The van der Waals surface area contributed by atoms with Gasteiger partial charge < -0.3 is 5.32 Å². The van der Waals surface area contributed by atoms with E-state index in [9.17, 15) is 0 Å². The number of nitrogens with one attached hydrogen (secondary N) is 1. The lowest BCUT2D eigenvalue weighted by Crippen LogP contribution is -2.39. The van der Waals surface area contributed by atoms with Gasteiger partial charge in [-0.05, 0) is 68.3 Å². The van der Waals surface area contributed by atoms with Crippen molar-refractivity contribution in [2.24, 2.45) is 0 Å². The van der Waals surface area contributed by atoms with Crippen molar-refractivity contribution < 1.29 is 0 Å². The summed E-state index contributed by atoms with van der Waals surface area (Å²) < 4.78 is 3.99. The minimum atomic E-state index is -0.944. The van der Waals surface area contributed by atoms with Crippen LogP contribution in [-0.2, 0) is 24.0 Å². The van der Waals surface area contributed by atoms with Gasteiger partial charge in [-0.1, -0.05) is 211 Å². The zero-order valence-corrected chi connectivity index (χ0v) is 34.6. The standard InChI is InChI=1S/C54H42ClN7/c55-49-33-31-40(32-34-49)38-61-39-41(37-56-61)35-42-36-50(58-53(43-19-7-1-8-20-43,44-21-9-2-10-22-44)45-23-11-3-12-24-45)57-52-51(42)59-60-62(52)54(46-25-13-4-14-26-46,47-27-15-5-16-28-47)48-29-17-6-18-30-48/h1-34,36-37,39H,35,38H2,(H,57,58). The van der Waals surface area contributed by atoms with E-state index in [4.69, 9.17) is 32.0 Å². The Balaban J connectivity index is 1.22. The van der Waals surface area contributed by atoms with Crippen LogP contribution >= 0.6 is 11.6 Å². The van der Waals surface area contributed by atoms with Crippen molar-refractivity contribution >= 4 is 28.6 Å². The Morgan fingerprint density at radius 2 is 0.968 bits per heavy atom. The zero-order valence-electron chi connectivity index (χ0n) is 33.8. The second-order valence-electron chi connectivity index (χ2n) is 15.5. The number of nitrogens with zero attached hydrogens (tertiary/aromatic N) is 6. The molecule has 0 bridgehead atoms. The van der Waals surface area contributed by atoms with E-state index in [1.54, 1.807) is 0 Å². The van der Waals surface area contributed by atoms with E-state index in [1.807, 2.05) is 58.0 Å². The first kappa shape index (κ1) is 38.6. The maximum absolute atomic E-state index is 6.20. The van der Waals surface area contributed by atoms with E-state index >= 15 is 0 Å². The summed E-state index contributed by atoms with van der Waals surface area (Å²) in [6.45, 7) is 0.618. The molecule has 3 aromatic heterocycles. The maximum Gasteiger partial charge on any atom is 0.182 e. The minimum Gasteiger partial charge on any atom is -0.353 e. The third-order valence-corrected chi connectivity index (χ3v) is 11.9. The number of anilines is 1. The molecule has 1 N–H and O–H groups in total. The van der Waals surface area contributed by atoms with Crippen molar-refractivity contribution in [2.75, 3.05) is 5.32 Å². The average molecular weight is 824 g/mol. The van der Waals surface area contributed by atoms with Crippen LogP contribution in [0.1, 0.15) is 50.1 Å². The van der Waals surface area contributed by atoms with E-state index in [1.165, 1.54) is 0 Å². The van der Waals surface area contributed by atoms with E-state index in [0.717, 1.165) is 50.1 Å². The van der Waals surface area contributed by atoms with Crippen molar-refractivity contribution in [1.82, 2.24) is 29.8 Å². The van der Waals surface area contributed by atoms with Crippen molar-refractivity contribution in [2.45, 2.75) is 24.0 Å². The van der Waals surface area contributed by atoms with Gasteiger partial charge >= 0.3 is 0 Å². The summed E-state index contributed by atoms with van der Waals surface area (Å²) in [5.74, 6) is 0.671. The van der Waals surface area contributed by atoms with Gasteiger partial charge in [0.1, 0.15) is 22.4 Å². The maximum atomic E-state index is 6.20. The van der Waals surface area contributed by atoms with Gasteiger partial charge in [0.25, 0.3) is 0 Å². The Kier molecular flexibility index (Phi) is 10.5. The molecule has 10 rings (SSSR count). The van der Waals surface area contributed by atoms with Crippen LogP contribution in [0.5, 0.6) is 0 Å². The van der Waals surface area contributed by atoms with Crippen LogP contribution < -0.4 is 5.32 Å². The normalized spacial score (nSPS) is 11.8. The Labute approximate surface area is 366 Å². The summed E-state index contributed by atoms with van der Waals surface area (Å²) in [5, 5.41) is 19.7. The quantitative estimate of drug-likeness (QED) is 0.117. The lowest BCUT2D eigenvalue weighted by molar-refractivity contribution is 0.457. The van der Waals surface area contributed by atoms with Crippen molar-refractivity contribution in [3.63, 3.8) is 0 Å². The Bertz CT molecular complexity index is 2840. The molecule has 0 saturated heterocycles. The fraction of sp³-hybridized carbons (Fsp3) is 0.0741. The molecule has 0 spiro atoms. The van der Waals surface area contributed by atoms with Gasteiger partial charge in [0, 0.05) is 17.6 Å². The Morgan fingerprint density at radius 1 is 0.516 bits per heavy atom. The van der Waals surface area contributed by atoms with Crippen LogP contribution in [0.3, 0.4) is 0 Å². The third kappa shape index (κ3) is 7.12. The Morgan fingerprint density at radius 3 is 1.44 bits per heavy atom. The van der Waals surface area contributed by atoms with Gasteiger partial charge in [0.15, 0.2) is 5.65 Å². The van der Waals surface area contributed by atoms with Crippen LogP contribution in [0.15, 0.2) is 225 Å². The minimum absolute atomic E-state index is 0.539. The molecule has 300 valence electrons. The molecule has 3 heterocycles. The summed E-state index contributed by atoms with van der Waals surface area (Å²) >= 11 is 6.20. The SMILES string of the molecule is Clc1ccc(Cn2cc(Cc3cc(NC(c4ccccc4)(c4ccccc4)c4ccccc4)nc4c3nnn4C(c3ccccc3)(c3ccccc3)c3ccccc3)cn2)cc1. The molecular weight excluding hydrogens is 782 g/mol. The van der Waals surface area contributed by atoms with Crippen LogP contribution in [-0.4, -0.2) is 29.8 Å². The summed E-state index contributed by atoms with van der Waals surface area (Å²) in [5.41, 5.74) is 8.98. The molecule has 0 fully saturated rings. The van der Waals surface area contributed by atoms with Gasteiger partial charge in [0.05, 0.1) is 12.7 Å². The number of rotatable bonds is 13. The highest BCUT2D eigenvalue weighted by Crippen LogP contribution is 2.44. The summed E-state index contributed by atoms with van der Waals surface area (Å²) in [7, 11) is 0. The van der Waals surface area contributed by atoms with Gasteiger partial charge in [-0.2, -0.15) is 5.10 Å². The monoisotopic (exact) mass is 823 g/mol. The molecule has 0 aliphatic heterocycles. The largest absolute Gasteiger partial charge is 0.353 e. The first-order chi connectivity index (χ1) is 30.6. The second kappa shape index (κ2) is 16.8. The summed E-state index contributed by atoms with van der Waals surface area (Å²) in [4.78, 5) is 5.60. The van der Waals surface area contributed by atoms with E-state index < -0.39 is 11.1 Å². The van der Waals surface area contributed by atoms with Crippen LogP contribution in [0.2, 0.25) is 5.02 Å². The number of hydrogen-bond donors (Lipinski definition) is 1. The van der Waals surface area contributed by atoms with Gasteiger partial charge in [0.2, 0.25) is 0 Å². The van der Waals surface area contributed by atoms with Crippen LogP contribution in [0.25, 0.3) is 11.2 Å². The molecule has 10 aromatic rings. The molecule has 0 unspecified atom stereocenters. The molecule has 0 aliphatic rings. The highest BCUT2D eigenvalue weighted by Gasteiger charge is 2.42. The highest BCUT2D eigenvalue weighted by molar-refractivity contribution is 6.30. The lowest BCUT2D eigenvalue weighted by Gasteiger charge is -2.38. The molecular formula is C54H42ClN7. The third-order valence-electron chi connectivity index (χ3n) is 11.7. The number of fused-ring (bicyclic) bond motifs is 1. The van der Waals surface area contributed by atoms with Gasteiger partial charge in [-0.3, -0.25) is 4.68 Å². The first-order valence-electron chi connectivity index (χ1n) is 20.7. The fourth-order valence-electron chi connectivity index (χ4n) is 8.85. The second-order valence-corrected chi connectivity index (χ2v) is 15.9. The molecule has 7 nitrogen and oxygen atoms in total.